The molecule has 3 heteroatoms. The molecule has 0 aliphatic carbocycles. The van der Waals surface area contributed by atoms with E-state index >= 15 is 0 Å². The van der Waals surface area contributed by atoms with E-state index in [1.165, 1.54) is 5.56 Å². The smallest absolute Gasteiger partial charge is 0.141 e. The first-order valence-corrected chi connectivity index (χ1v) is 5.80. The van der Waals surface area contributed by atoms with Crippen LogP contribution < -0.4 is 4.74 Å². The number of methoxy groups -OCH3 is 1. The van der Waals surface area contributed by atoms with Gasteiger partial charge in [0, 0.05) is 5.56 Å². The third-order valence-electron chi connectivity index (χ3n) is 2.92. The van der Waals surface area contributed by atoms with Gasteiger partial charge in [-0.3, -0.25) is 4.90 Å². The number of ether oxygens (including phenoxy) is 1. The van der Waals surface area contributed by atoms with Crippen LogP contribution in [0.3, 0.4) is 0 Å². The largest absolute Gasteiger partial charge is 0.496 e. The lowest BCUT2D eigenvalue weighted by molar-refractivity contribution is -0.111. The Morgan fingerprint density at radius 1 is 1.29 bits per heavy atom. The standard InChI is InChI=1S/C14H21NO2/c1-10(2)11-6-7-14(17-5)12(8-11)13(9-16)15(3)4/h6-10,13H,1-5H3. The highest BCUT2D eigenvalue weighted by atomic mass is 16.5. The van der Waals surface area contributed by atoms with E-state index in [1.807, 2.05) is 31.1 Å². The number of aldehydes is 1. The summed E-state index contributed by atoms with van der Waals surface area (Å²) in [6, 6.07) is 5.78. The molecule has 1 atom stereocenters. The van der Waals surface area contributed by atoms with E-state index in [0.29, 0.717) is 5.92 Å². The van der Waals surface area contributed by atoms with Gasteiger partial charge in [0.15, 0.2) is 0 Å². The Hall–Kier alpha value is -1.35. The van der Waals surface area contributed by atoms with E-state index in [-0.39, 0.29) is 6.04 Å². The maximum Gasteiger partial charge on any atom is 0.141 e. The molecular weight excluding hydrogens is 214 g/mol. The minimum Gasteiger partial charge on any atom is -0.496 e. The molecule has 1 aromatic carbocycles. The third kappa shape index (κ3) is 3.07. The zero-order valence-corrected chi connectivity index (χ0v) is 11.2. The molecule has 0 saturated carbocycles. The van der Waals surface area contributed by atoms with Gasteiger partial charge in [-0.25, -0.2) is 0 Å². The fourth-order valence-electron chi connectivity index (χ4n) is 1.82. The Bertz CT molecular complexity index is 386. The monoisotopic (exact) mass is 235 g/mol. The summed E-state index contributed by atoms with van der Waals surface area (Å²) in [7, 11) is 5.41. The van der Waals surface area contributed by atoms with E-state index in [0.717, 1.165) is 17.6 Å². The number of carbonyl (C=O) groups excluding carboxylic acids is 1. The quantitative estimate of drug-likeness (QED) is 0.735. The highest BCUT2D eigenvalue weighted by molar-refractivity contribution is 5.64. The Morgan fingerprint density at radius 3 is 2.35 bits per heavy atom. The number of likely N-dealkylation sites (N-methyl/N-ethyl adjacent to an activating group) is 1. The number of hydrogen-bond acceptors (Lipinski definition) is 3. The van der Waals surface area contributed by atoms with Crippen molar-refractivity contribution in [2.45, 2.75) is 25.8 Å². The normalized spacial score (nSPS) is 12.9. The van der Waals surface area contributed by atoms with Crippen molar-refractivity contribution in [2.75, 3.05) is 21.2 Å². The van der Waals surface area contributed by atoms with Gasteiger partial charge in [0.2, 0.25) is 0 Å². The van der Waals surface area contributed by atoms with Gasteiger partial charge in [-0.15, -0.1) is 0 Å². The molecule has 0 saturated heterocycles. The molecule has 0 radical (unpaired) electrons. The van der Waals surface area contributed by atoms with Crippen molar-refractivity contribution in [3.63, 3.8) is 0 Å². The van der Waals surface area contributed by atoms with E-state index < -0.39 is 0 Å². The molecule has 0 heterocycles. The van der Waals surface area contributed by atoms with Crippen molar-refractivity contribution in [1.82, 2.24) is 4.90 Å². The zero-order chi connectivity index (χ0) is 13.0. The highest BCUT2D eigenvalue weighted by Crippen LogP contribution is 2.30. The van der Waals surface area contributed by atoms with Crippen LogP contribution in [0, 0.1) is 0 Å². The summed E-state index contributed by atoms with van der Waals surface area (Å²) < 4.78 is 5.33. The van der Waals surface area contributed by atoms with Crippen LogP contribution in [0.4, 0.5) is 0 Å². The van der Waals surface area contributed by atoms with Crippen LogP contribution >= 0.6 is 0 Å². The van der Waals surface area contributed by atoms with Gasteiger partial charge in [-0.2, -0.15) is 0 Å². The van der Waals surface area contributed by atoms with E-state index in [1.54, 1.807) is 7.11 Å². The molecule has 0 aliphatic heterocycles. The maximum atomic E-state index is 11.2. The summed E-state index contributed by atoms with van der Waals surface area (Å²) in [5.74, 6) is 1.20. The van der Waals surface area contributed by atoms with E-state index in [2.05, 4.69) is 19.9 Å². The van der Waals surface area contributed by atoms with Crippen molar-refractivity contribution in [1.29, 1.82) is 0 Å². The molecule has 0 aliphatic rings. The minimum absolute atomic E-state index is 0.261. The van der Waals surface area contributed by atoms with Crippen molar-refractivity contribution in [2.24, 2.45) is 0 Å². The number of rotatable bonds is 5. The first kappa shape index (κ1) is 13.7. The lowest BCUT2D eigenvalue weighted by atomic mass is 9.97. The Morgan fingerprint density at radius 2 is 1.94 bits per heavy atom. The predicted octanol–water partition coefficient (Wildman–Crippen LogP) is 2.62. The van der Waals surface area contributed by atoms with E-state index in [4.69, 9.17) is 4.74 Å². The first-order chi connectivity index (χ1) is 8.01. The SMILES string of the molecule is COc1ccc(C(C)C)cc1C(C=O)N(C)C. The van der Waals surface area contributed by atoms with Gasteiger partial charge < -0.3 is 9.53 Å². The predicted molar refractivity (Wildman–Crippen MR) is 69.6 cm³/mol. The second kappa shape index (κ2) is 5.82. The average molecular weight is 235 g/mol. The minimum atomic E-state index is -0.261. The molecule has 3 nitrogen and oxygen atoms in total. The summed E-state index contributed by atoms with van der Waals surface area (Å²) >= 11 is 0. The molecule has 1 aromatic rings. The van der Waals surface area contributed by atoms with Gasteiger partial charge in [-0.05, 0) is 37.7 Å². The molecule has 1 unspecified atom stereocenters. The summed E-state index contributed by atoms with van der Waals surface area (Å²) in [5, 5.41) is 0. The zero-order valence-electron chi connectivity index (χ0n) is 11.2. The van der Waals surface area contributed by atoms with Crippen molar-refractivity contribution in [3.8, 4) is 5.75 Å². The summed E-state index contributed by atoms with van der Waals surface area (Å²) in [4.78, 5) is 13.1. The molecule has 0 bridgehead atoms. The molecule has 1 rings (SSSR count). The Labute approximate surface area is 103 Å². The highest BCUT2D eigenvalue weighted by Gasteiger charge is 2.18. The van der Waals surface area contributed by atoms with Crippen LogP contribution in [0.2, 0.25) is 0 Å². The average Bonchev–Trinajstić information content (AvgIpc) is 2.29. The molecule has 0 spiro atoms. The van der Waals surface area contributed by atoms with Crippen LogP contribution in [-0.2, 0) is 4.79 Å². The van der Waals surface area contributed by atoms with Gasteiger partial charge in [0.1, 0.15) is 12.0 Å². The molecule has 0 amide bonds. The fourth-order valence-corrected chi connectivity index (χ4v) is 1.82. The van der Waals surface area contributed by atoms with Crippen molar-refractivity contribution < 1.29 is 9.53 Å². The molecule has 17 heavy (non-hydrogen) atoms. The number of carbonyl (C=O) groups is 1. The molecular formula is C14H21NO2. The molecule has 0 fully saturated rings. The first-order valence-electron chi connectivity index (χ1n) is 5.80. The molecule has 0 aromatic heterocycles. The van der Waals surface area contributed by atoms with Crippen molar-refractivity contribution >= 4 is 6.29 Å². The topological polar surface area (TPSA) is 29.5 Å². The van der Waals surface area contributed by atoms with Gasteiger partial charge >= 0.3 is 0 Å². The summed E-state index contributed by atoms with van der Waals surface area (Å²) in [6.45, 7) is 4.27. The second-order valence-electron chi connectivity index (χ2n) is 4.70. The third-order valence-corrected chi connectivity index (χ3v) is 2.92. The van der Waals surface area contributed by atoms with Crippen LogP contribution in [-0.4, -0.2) is 32.4 Å². The van der Waals surface area contributed by atoms with Crippen molar-refractivity contribution in [3.05, 3.63) is 29.3 Å². The van der Waals surface area contributed by atoms with Crippen LogP contribution in [0.1, 0.15) is 36.9 Å². The van der Waals surface area contributed by atoms with E-state index in [9.17, 15) is 4.79 Å². The molecule has 0 N–H and O–H groups in total. The molecule has 94 valence electrons. The fraction of sp³-hybridized carbons (Fsp3) is 0.500. The van der Waals surface area contributed by atoms with Crippen LogP contribution in [0.15, 0.2) is 18.2 Å². The number of hydrogen-bond donors (Lipinski definition) is 0. The lowest BCUT2D eigenvalue weighted by Crippen LogP contribution is -2.21. The Balaban J connectivity index is 3.26. The van der Waals surface area contributed by atoms with Crippen LogP contribution in [0.25, 0.3) is 0 Å². The second-order valence-corrected chi connectivity index (χ2v) is 4.70. The van der Waals surface area contributed by atoms with Gasteiger partial charge in [-0.1, -0.05) is 19.9 Å². The maximum absolute atomic E-state index is 11.2. The van der Waals surface area contributed by atoms with Gasteiger partial charge in [0.25, 0.3) is 0 Å². The summed E-state index contributed by atoms with van der Waals surface area (Å²) in [6.07, 6.45) is 0.946. The lowest BCUT2D eigenvalue weighted by Gasteiger charge is -2.22. The Kier molecular flexibility index (Phi) is 4.70. The number of benzene rings is 1. The summed E-state index contributed by atoms with van der Waals surface area (Å²) in [5.41, 5.74) is 2.15. The van der Waals surface area contributed by atoms with Crippen LogP contribution in [0.5, 0.6) is 5.75 Å². The van der Waals surface area contributed by atoms with Gasteiger partial charge in [0.05, 0.1) is 13.2 Å². The number of nitrogens with zero attached hydrogens (tertiary/aromatic N) is 1.